The van der Waals surface area contributed by atoms with Gasteiger partial charge in [0, 0.05) is 11.0 Å². The molecule has 17 heavy (non-hydrogen) atoms. The number of anilines is 1. The molecule has 1 aromatic carbocycles. The molecule has 0 fully saturated rings. The zero-order valence-corrected chi connectivity index (χ0v) is 11.7. The Morgan fingerprint density at radius 1 is 1.24 bits per heavy atom. The minimum atomic E-state index is -0.618. The summed E-state index contributed by atoms with van der Waals surface area (Å²) >= 11 is 3.02. The van der Waals surface area contributed by atoms with Crippen molar-refractivity contribution in [2.75, 3.05) is 18.5 Å². The number of halogens is 3. The molecule has 96 valence electrons. The Hall–Kier alpha value is -0.680. The molecule has 0 amide bonds. The zero-order chi connectivity index (χ0) is 13.1. The Bertz CT molecular complexity index is 368. The summed E-state index contributed by atoms with van der Waals surface area (Å²) in [4.78, 5) is 0. The number of hydrogen-bond acceptors (Lipinski definition) is 2. The van der Waals surface area contributed by atoms with E-state index in [1.807, 2.05) is 20.8 Å². The quantitative estimate of drug-likeness (QED) is 0.850. The van der Waals surface area contributed by atoms with Crippen LogP contribution in [0.2, 0.25) is 0 Å². The Kier molecular flexibility index (Phi) is 4.89. The molecular formula is C12H16BrF2NO. The van der Waals surface area contributed by atoms with Crippen molar-refractivity contribution < 1.29 is 13.5 Å². The average molecular weight is 308 g/mol. The highest BCUT2D eigenvalue weighted by Gasteiger charge is 2.12. The fourth-order valence-corrected chi connectivity index (χ4v) is 1.65. The summed E-state index contributed by atoms with van der Waals surface area (Å²) in [5.74, 6) is -1.24. The second-order valence-electron chi connectivity index (χ2n) is 4.63. The molecule has 0 aliphatic carbocycles. The second-order valence-corrected chi connectivity index (χ2v) is 5.55. The molecular weight excluding hydrogens is 292 g/mol. The molecule has 0 atom stereocenters. The van der Waals surface area contributed by atoms with Gasteiger partial charge >= 0.3 is 0 Å². The molecule has 1 rings (SSSR count). The lowest BCUT2D eigenvalue weighted by molar-refractivity contribution is 0.00330. The lowest BCUT2D eigenvalue weighted by atomic mass is 10.2. The first kappa shape index (κ1) is 14.4. The standard InChI is InChI=1S/C12H16BrF2NO/c1-12(2,3)17-5-4-16-11-9(14)6-8(13)7-10(11)15/h6-7,16H,4-5H2,1-3H3. The maximum atomic E-state index is 13.4. The molecule has 1 aromatic rings. The normalized spacial score (nSPS) is 11.6. The van der Waals surface area contributed by atoms with Crippen molar-refractivity contribution in [1.82, 2.24) is 0 Å². The Morgan fingerprint density at radius 3 is 2.24 bits per heavy atom. The van der Waals surface area contributed by atoms with Crippen molar-refractivity contribution in [2.45, 2.75) is 26.4 Å². The van der Waals surface area contributed by atoms with Crippen LogP contribution in [0.4, 0.5) is 14.5 Å². The molecule has 0 spiro atoms. The summed E-state index contributed by atoms with van der Waals surface area (Å²) in [6, 6.07) is 2.44. The van der Waals surface area contributed by atoms with Crippen LogP contribution in [0.15, 0.2) is 16.6 Å². The Labute approximate surface area is 108 Å². The lowest BCUT2D eigenvalue weighted by Crippen LogP contribution is -2.23. The number of ether oxygens (including phenoxy) is 1. The molecule has 2 nitrogen and oxygen atoms in total. The van der Waals surface area contributed by atoms with Gasteiger partial charge in [0.2, 0.25) is 0 Å². The van der Waals surface area contributed by atoms with Gasteiger partial charge in [0.05, 0.1) is 12.2 Å². The van der Waals surface area contributed by atoms with Crippen molar-refractivity contribution in [3.05, 3.63) is 28.2 Å². The number of nitrogens with one attached hydrogen (secondary N) is 1. The van der Waals surface area contributed by atoms with Crippen molar-refractivity contribution in [3.63, 3.8) is 0 Å². The minimum absolute atomic E-state index is 0.120. The van der Waals surface area contributed by atoms with E-state index in [1.54, 1.807) is 0 Å². The first-order valence-electron chi connectivity index (χ1n) is 5.32. The van der Waals surface area contributed by atoms with E-state index in [4.69, 9.17) is 4.74 Å². The SMILES string of the molecule is CC(C)(C)OCCNc1c(F)cc(Br)cc1F. The smallest absolute Gasteiger partial charge is 0.150 e. The molecule has 0 bridgehead atoms. The van der Waals surface area contributed by atoms with E-state index in [9.17, 15) is 8.78 Å². The van der Waals surface area contributed by atoms with Crippen molar-refractivity contribution >= 4 is 21.6 Å². The van der Waals surface area contributed by atoms with Gasteiger partial charge in [0.1, 0.15) is 17.3 Å². The van der Waals surface area contributed by atoms with Crippen LogP contribution in [0, 0.1) is 11.6 Å². The van der Waals surface area contributed by atoms with Crippen LogP contribution >= 0.6 is 15.9 Å². The first-order valence-corrected chi connectivity index (χ1v) is 6.11. The summed E-state index contributed by atoms with van der Waals surface area (Å²) in [6.07, 6.45) is 0. The third kappa shape index (κ3) is 5.00. The molecule has 0 aliphatic heterocycles. The summed E-state index contributed by atoms with van der Waals surface area (Å²) in [5.41, 5.74) is -0.371. The summed E-state index contributed by atoms with van der Waals surface area (Å²) in [7, 11) is 0. The number of rotatable bonds is 4. The molecule has 0 aromatic heterocycles. The van der Waals surface area contributed by atoms with E-state index < -0.39 is 11.6 Å². The predicted molar refractivity (Wildman–Crippen MR) is 68.3 cm³/mol. The van der Waals surface area contributed by atoms with Gasteiger partial charge < -0.3 is 10.1 Å². The maximum Gasteiger partial charge on any atom is 0.150 e. The van der Waals surface area contributed by atoms with Crippen LogP contribution in [0.1, 0.15) is 20.8 Å². The van der Waals surface area contributed by atoms with Crippen molar-refractivity contribution in [1.29, 1.82) is 0 Å². The van der Waals surface area contributed by atoms with Gasteiger partial charge in [-0.05, 0) is 32.9 Å². The van der Waals surface area contributed by atoms with Crippen LogP contribution in [-0.2, 0) is 4.74 Å². The Balaban J connectivity index is 2.53. The van der Waals surface area contributed by atoms with E-state index in [2.05, 4.69) is 21.2 Å². The molecule has 0 aliphatic rings. The van der Waals surface area contributed by atoms with Crippen LogP contribution in [0.3, 0.4) is 0 Å². The predicted octanol–water partition coefficient (Wildman–Crippen LogP) is 3.95. The molecule has 0 saturated carbocycles. The van der Waals surface area contributed by atoms with Crippen molar-refractivity contribution in [2.24, 2.45) is 0 Å². The summed E-state index contributed by atoms with van der Waals surface area (Å²) in [5, 5.41) is 2.69. The summed E-state index contributed by atoms with van der Waals surface area (Å²) < 4.78 is 32.6. The first-order chi connectivity index (χ1) is 7.79. The average Bonchev–Trinajstić information content (AvgIpc) is 2.13. The fraction of sp³-hybridized carbons (Fsp3) is 0.500. The van der Waals surface area contributed by atoms with E-state index in [-0.39, 0.29) is 11.3 Å². The van der Waals surface area contributed by atoms with E-state index in [1.165, 1.54) is 12.1 Å². The topological polar surface area (TPSA) is 21.3 Å². The molecule has 0 heterocycles. The maximum absolute atomic E-state index is 13.4. The van der Waals surface area contributed by atoms with E-state index in [0.29, 0.717) is 17.6 Å². The molecule has 1 N–H and O–H groups in total. The van der Waals surface area contributed by atoms with Crippen LogP contribution in [0.5, 0.6) is 0 Å². The van der Waals surface area contributed by atoms with Gasteiger partial charge in [0.15, 0.2) is 0 Å². The fourth-order valence-electron chi connectivity index (χ4n) is 1.24. The second kappa shape index (κ2) is 5.78. The third-order valence-corrected chi connectivity index (χ3v) is 2.40. The zero-order valence-electron chi connectivity index (χ0n) is 10.1. The largest absolute Gasteiger partial charge is 0.378 e. The highest BCUT2D eigenvalue weighted by atomic mass is 79.9. The van der Waals surface area contributed by atoms with Crippen LogP contribution in [-0.4, -0.2) is 18.8 Å². The number of benzene rings is 1. The molecule has 0 unspecified atom stereocenters. The lowest BCUT2D eigenvalue weighted by Gasteiger charge is -2.20. The van der Waals surface area contributed by atoms with Crippen LogP contribution in [0.25, 0.3) is 0 Å². The van der Waals surface area contributed by atoms with Gasteiger partial charge in [-0.1, -0.05) is 15.9 Å². The molecule has 5 heteroatoms. The van der Waals surface area contributed by atoms with E-state index in [0.717, 1.165) is 0 Å². The summed E-state index contributed by atoms with van der Waals surface area (Å²) in [6.45, 7) is 6.51. The van der Waals surface area contributed by atoms with Gasteiger partial charge in [-0.3, -0.25) is 0 Å². The highest BCUT2D eigenvalue weighted by molar-refractivity contribution is 9.10. The van der Waals surface area contributed by atoms with Gasteiger partial charge in [-0.15, -0.1) is 0 Å². The number of hydrogen-bond donors (Lipinski definition) is 1. The van der Waals surface area contributed by atoms with Gasteiger partial charge in [-0.2, -0.15) is 0 Å². The van der Waals surface area contributed by atoms with Crippen LogP contribution < -0.4 is 5.32 Å². The highest BCUT2D eigenvalue weighted by Crippen LogP contribution is 2.23. The van der Waals surface area contributed by atoms with Gasteiger partial charge in [0.25, 0.3) is 0 Å². The Morgan fingerprint density at radius 2 is 1.76 bits per heavy atom. The van der Waals surface area contributed by atoms with E-state index >= 15 is 0 Å². The third-order valence-electron chi connectivity index (χ3n) is 1.95. The molecule has 0 saturated heterocycles. The monoisotopic (exact) mass is 307 g/mol. The minimum Gasteiger partial charge on any atom is -0.378 e. The van der Waals surface area contributed by atoms with Crippen molar-refractivity contribution in [3.8, 4) is 0 Å². The van der Waals surface area contributed by atoms with Gasteiger partial charge in [-0.25, -0.2) is 8.78 Å². The molecule has 0 radical (unpaired) electrons.